The lowest BCUT2D eigenvalue weighted by Gasteiger charge is -2.25. The average Bonchev–Trinajstić information content (AvgIpc) is 3.01. The van der Waals surface area contributed by atoms with Gasteiger partial charge in [-0.1, -0.05) is 11.6 Å². The molecule has 1 amide bonds. The highest BCUT2D eigenvalue weighted by Crippen LogP contribution is 2.34. The van der Waals surface area contributed by atoms with Crippen LogP contribution in [0.1, 0.15) is 17.3 Å². The predicted molar refractivity (Wildman–Crippen MR) is 78.4 cm³/mol. The van der Waals surface area contributed by atoms with Gasteiger partial charge in [-0.3, -0.25) is 4.79 Å². The zero-order valence-corrected chi connectivity index (χ0v) is 12.5. The lowest BCUT2D eigenvalue weighted by molar-refractivity contribution is 0.0725. The van der Waals surface area contributed by atoms with Crippen molar-refractivity contribution in [3.8, 4) is 5.75 Å². The first-order valence-corrected chi connectivity index (χ1v) is 7.35. The van der Waals surface area contributed by atoms with E-state index in [9.17, 15) is 4.79 Å². The summed E-state index contributed by atoms with van der Waals surface area (Å²) < 4.78 is 5.29. The Morgan fingerprint density at radius 2 is 2.25 bits per heavy atom. The maximum atomic E-state index is 12.8. The second-order valence-electron chi connectivity index (χ2n) is 5.62. The van der Waals surface area contributed by atoms with Gasteiger partial charge in [0.1, 0.15) is 5.75 Å². The third-order valence-electron chi connectivity index (χ3n) is 4.59. The zero-order valence-electron chi connectivity index (χ0n) is 11.7. The van der Waals surface area contributed by atoms with E-state index in [4.69, 9.17) is 16.3 Å². The van der Waals surface area contributed by atoms with Gasteiger partial charge in [-0.2, -0.15) is 0 Å². The number of benzene rings is 1. The number of halogens is 1. The molecule has 0 radical (unpaired) electrons. The van der Waals surface area contributed by atoms with E-state index in [1.165, 1.54) is 0 Å². The van der Waals surface area contributed by atoms with Crippen LogP contribution < -0.4 is 10.1 Å². The molecule has 3 unspecified atom stereocenters. The summed E-state index contributed by atoms with van der Waals surface area (Å²) >= 11 is 5.95. The molecule has 0 spiro atoms. The number of nitrogens with one attached hydrogen (secondary N) is 1. The average molecular weight is 295 g/mol. The molecular formula is C15H19ClN2O2. The van der Waals surface area contributed by atoms with Crippen LogP contribution in [-0.2, 0) is 0 Å². The van der Waals surface area contributed by atoms with E-state index in [0.717, 1.165) is 19.6 Å². The number of carbonyl (C=O) groups is 1. The molecule has 2 fully saturated rings. The fourth-order valence-corrected chi connectivity index (χ4v) is 3.59. The molecule has 2 saturated heterocycles. The molecule has 108 valence electrons. The topological polar surface area (TPSA) is 41.6 Å². The van der Waals surface area contributed by atoms with E-state index in [2.05, 4.69) is 12.2 Å². The summed E-state index contributed by atoms with van der Waals surface area (Å²) in [5, 5.41) is 3.98. The minimum Gasteiger partial charge on any atom is -0.496 e. The Balaban J connectivity index is 1.86. The number of amides is 1. The normalized spacial score (nSPS) is 28.6. The van der Waals surface area contributed by atoms with Crippen LogP contribution in [0.2, 0.25) is 5.02 Å². The SMILES string of the molecule is COc1cc(Cl)ccc1C(=O)N1CC2CNCC2C1C. The van der Waals surface area contributed by atoms with Gasteiger partial charge in [0, 0.05) is 30.7 Å². The standard InChI is InChI=1S/C15H19ClN2O2/c1-9-13-7-17-6-10(13)8-18(9)15(19)12-4-3-11(16)5-14(12)20-2/h3-5,9-10,13,17H,6-8H2,1-2H3. The van der Waals surface area contributed by atoms with E-state index in [0.29, 0.717) is 28.2 Å². The van der Waals surface area contributed by atoms with Crippen LogP contribution in [0, 0.1) is 11.8 Å². The number of fused-ring (bicyclic) bond motifs is 1. The number of carbonyl (C=O) groups excluding carboxylic acids is 1. The molecule has 4 nitrogen and oxygen atoms in total. The van der Waals surface area contributed by atoms with Gasteiger partial charge in [0.25, 0.3) is 5.91 Å². The van der Waals surface area contributed by atoms with E-state index < -0.39 is 0 Å². The Morgan fingerprint density at radius 3 is 2.95 bits per heavy atom. The summed E-state index contributed by atoms with van der Waals surface area (Å²) in [7, 11) is 1.56. The van der Waals surface area contributed by atoms with E-state index in [1.807, 2.05) is 4.90 Å². The van der Waals surface area contributed by atoms with E-state index in [1.54, 1.807) is 25.3 Å². The van der Waals surface area contributed by atoms with Crippen molar-refractivity contribution in [2.45, 2.75) is 13.0 Å². The lowest BCUT2D eigenvalue weighted by atomic mass is 9.95. The molecule has 1 aromatic carbocycles. The fraction of sp³-hybridized carbons (Fsp3) is 0.533. The van der Waals surface area contributed by atoms with Crippen LogP contribution in [-0.4, -0.2) is 43.6 Å². The number of hydrogen-bond donors (Lipinski definition) is 1. The van der Waals surface area contributed by atoms with Crippen molar-refractivity contribution < 1.29 is 9.53 Å². The molecule has 1 N–H and O–H groups in total. The number of nitrogens with zero attached hydrogens (tertiary/aromatic N) is 1. The van der Waals surface area contributed by atoms with Gasteiger partial charge < -0.3 is 15.0 Å². The molecule has 0 bridgehead atoms. The summed E-state index contributed by atoms with van der Waals surface area (Å²) in [6, 6.07) is 5.45. The van der Waals surface area contributed by atoms with Crippen LogP contribution in [0.4, 0.5) is 0 Å². The Bertz CT molecular complexity index is 535. The van der Waals surface area contributed by atoms with Crippen molar-refractivity contribution in [1.29, 1.82) is 0 Å². The summed E-state index contributed by atoms with van der Waals surface area (Å²) in [5.41, 5.74) is 0.594. The molecule has 2 heterocycles. The summed E-state index contributed by atoms with van der Waals surface area (Å²) in [6.45, 7) is 4.98. The third kappa shape index (κ3) is 2.17. The van der Waals surface area contributed by atoms with Gasteiger partial charge in [0.2, 0.25) is 0 Å². The number of hydrogen-bond acceptors (Lipinski definition) is 3. The first-order valence-electron chi connectivity index (χ1n) is 6.97. The lowest BCUT2D eigenvalue weighted by Crippen LogP contribution is -2.38. The molecule has 2 aliphatic heterocycles. The van der Waals surface area contributed by atoms with Crippen molar-refractivity contribution in [3.05, 3.63) is 28.8 Å². The molecule has 0 aliphatic carbocycles. The molecule has 20 heavy (non-hydrogen) atoms. The quantitative estimate of drug-likeness (QED) is 0.907. The summed E-state index contributed by atoms with van der Waals surface area (Å²) in [4.78, 5) is 14.7. The monoisotopic (exact) mass is 294 g/mol. The first kappa shape index (κ1) is 13.7. The van der Waals surface area contributed by atoms with Crippen molar-refractivity contribution in [2.24, 2.45) is 11.8 Å². The predicted octanol–water partition coefficient (Wildman–Crippen LogP) is 2.03. The Kier molecular flexibility index (Phi) is 3.61. The molecule has 2 aliphatic rings. The number of rotatable bonds is 2. The van der Waals surface area contributed by atoms with Crippen LogP contribution in [0.25, 0.3) is 0 Å². The third-order valence-corrected chi connectivity index (χ3v) is 4.82. The highest BCUT2D eigenvalue weighted by atomic mass is 35.5. The van der Waals surface area contributed by atoms with Crippen LogP contribution in [0.3, 0.4) is 0 Å². The van der Waals surface area contributed by atoms with Crippen molar-refractivity contribution in [1.82, 2.24) is 10.2 Å². The minimum atomic E-state index is 0.0421. The Hall–Kier alpha value is -1.26. The first-order chi connectivity index (χ1) is 9.61. The van der Waals surface area contributed by atoms with Crippen LogP contribution in [0.5, 0.6) is 5.75 Å². The second kappa shape index (κ2) is 5.26. The highest BCUT2D eigenvalue weighted by molar-refractivity contribution is 6.30. The smallest absolute Gasteiger partial charge is 0.257 e. The molecule has 3 atom stereocenters. The zero-order chi connectivity index (χ0) is 14.3. The van der Waals surface area contributed by atoms with Gasteiger partial charge in [-0.15, -0.1) is 0 Å². The van der Waals surface area contributed by atoms with Gasteiger partial charge in [0.05, 0.1) is 12.7 Å². The number of methoxy groups -OCH3 is 1. The van der Waals surface area contributed by atoms with Crippen LogP contribution >= 0.6 is 11.6 Å². The maximum Gasteiger partial charge on any atom is 0.257 e. The van der Waals surface area contributed by atoms with E-state index in [-0.39, 0.29) is 11.9 Å². The van der Waals surface area contributed by atoms with Gasteiger partial charge >= 0.3 is 0 Å². The van der Waals surface area contributed by atoms with Gasteiger partial charge in [-0.25, -0.2) is 0 Å². The summed E-state index contributed by atoms with van der Waals surface area (Å²) in [6.07, 6.45) is 0. The van der Waals surface area contributed by atoms with Crippen molar-refractivity contribution in [2.75, 3.05) is 26.7 Å². The van der Waals surface area contributed by atoms with Gasteiger partial charge in [0.15, 0.2) is 0 Å². The van der Waals surface area contributed by atoms with Crippen LogP contribution in [0.15, 0.2) is 18.2 Å². The molecule has 5 heteroatoms. The molecule has 0 saturated carbocycles. The molecule has 3 rings (SSSR count). The number of ether oxygens (including phenoxy) is 1. The minimum absolute atomic E-state index is 0.0421. The molecular weight excluding hydrogens is 276 g/mol. The number of likely N-dealkylation sites (tertiary alicyclic amines) is 1. The molecule has 0 aromatic heterocycles. The second-order valence-corrected chi connectivity index (χ2v) is 6.06. The highest BCUT2D eigenvalue weighted by Gasteiger charge is 2.44. The maximum absolute atomic E-state index is 12.8. The van der Waals surface area contributed by atoms with E-state index >= 15 is 0 Å². The summed E-state index contributed by atoms with van der Waals surface area (Å²) in [5.74, 6) is 1.73. The largest absolute Gasteiger partial charge is 0.496 e. The van der Waals surface area contributed by atoms with Crippen molar-refractivity contribution in [3.63, 3.8) is 0 Å². The Labute approximate surface area is 124 Å². The van der Waals surface area contributed by atoms with Gasteiger partial charge in [-0.05, 0) is 37.0 Å². The Morgan fingerprint density at radius 1 is 1.45 bits per heavy atom. The van der Waals surface area contributed by atoms with Crippen molar-refractivity contribution >= 4 is 17.5 Å². The molecule has 1 aromatic rings. The fourth-order valence-electron chi connectivity index (χ4n) is 3.43.